The van der Waals surface area contributed by atoms with Gasteiger partial charge in [0.15, 0.2) is 0 Å². The molecule has 0 aliphatic heterocycles. The molecule has 0 rings (SSSR count). The Labute approximate surface area is 81.7 Å². The van der Waals surface area contributed by atoms with Gasteiger partial charge in [0.25, 0.3) is 0 Å². The quantitative estimate of drug-likeness (QED) is 0.617. The van der Waals surface area contributed by atoms with E-state index in [1.807, 2.05) is 20.8 Å². The summed E-state index contributed by atoms with van der Waals surface area (Å²) in [5.41, 5.74) is -0.310. The highest BCUT2D eigenvalue weighted by Crippen LogP contribution is 2.32. The molecule has 0 spiro atoms. The minimum Gasteiger partial charge on any atom is -0.465 e. The molecular weight excluding hydrogens is 164 g/mol. The largest absolute Gasteiger partial charge is 0.465 e. The van der Waals surface area contributed by atoms with E-state index in [4.69, 9.17) is 4.74 Å². The van der Waals surface area contributed by atoms with Crippen LogP contribution in [0, 0.1) is 11.3 Å². The summed E-state index contributed by atoms with van der Waals surface area (Å²) in [7, 11) is 0. The number of rotatable bonds is 5. The third-order valence-corrected chi connectivity index (χ3v) is 2.91. The fraction of sp³-hybridized carbons (Fsp3) is 0.909. The molecule has 0 aliphatic rings. The van der Waals surface area contributed by atoms with Gasteiger partial charge in [0.1, 0.15) is 0 Å². The first kappa shape index (κ1) is 12.5. The third-order valence-electron chi connectivity index (χ3n) is 2.91. The van der Waals surface area contributed by atoms with Gasteiger partial charge in [-0.3, -0.25) is 4.79 Å². The molecule has 0 N–H and O–H groups in total. The Morgan fingerprint density at radius 2 is 1.92 bits per heavy atom. The van der Waals surface area contributed by atoms with Crippen molar-refractivity contribution < 1.29 is 9.53 Å². The molecule has 0 aromatic carbocycles. The van der Waals surface area contributed by atoms with Crippen LogP contribution in [0.15, 0.2) is 0 Å². The van der Waals surface area contributed by atoms with Gasteiger partial charge in [0.2, 0.25) is 0 Å². The average molecular weight is 186 g/mol. The van der Waals surface area contributed by atoms with Crippen molar-refractivity contribution >= 4 is 5.97 Å². The second-order valence-corrected chi connectivity index (χ2v) is 4.06. The number of hydrogen-bond donors (Lipinski definition) is 0. The lowest BCUT2D eigenvalue weighted by Gasteiger charge is -2.29. The van der Waals surface area contributed by atoms with Crippen LogP contribution in [0.25, 0.3) is 0 Å². The van der Waals surface area contributed by atoms with Gasteiger partial charge in [-0.15, -0.1) is 0 Å². The lowest BCUT2D eigenvalue weighted by molar-refractivity contribution is -0.158. The zero-order valence-electron chi connectivity index (χ0n) is 9.52. The molecule has 0 saturated heterocycles. The van der Waals surface area contributed by atoms with Gasteiger partial charge >= 0.3 is 5.97 Å². The van der Waals surface area contributed by atoms with Crippen LogP contribution in [-0.2, 0) is 9.53 Å². The van der Waals surface area contributed by atoms with Crippen LogP contribution < -0.4 is 0 Å². The maximum absolute atomic E-state index is 11.7. The molecule has 0 aliphatic carbocycles. The highest BCUT2D eigenvalue weighted by Gasteiger charge is 2.35. The van der Waals surface area contributed by atoms with Gasteiger partial charge in [0, 0.05) is 0 Å². The first-order chi connectivity index (χ1) is 5.99. The third kappa shape index (κ3) is 3.02. The van der Waals surface area contributed by atoms with E-state index in [-0.39, 0.29) is 11.4 Å². The minimum absolute atomic E-state index is 0.0492. The second kappa shape index (κ2) is 5.25. The lowest BCUT2D eigenvalue weighted by atomic mass is 9.77. The summed E-state index contributed by atoms with van der Waals surface area (Å²) in [6.07, 6.45) is 1.73. The summed E-state index contributed by atoms with van der Waals surface area (Å²) in [6, 6.07) is 0. The van der Waals surface area contributed by atoms with Crippen LogP contribution in [0.4, 0.5) is 0 Å². The highest BCUT2D eigenvalue weighted by molar-refractivity contribution is 5.76. The summed E-state index contributed by atoms with van der Waals surface area (Å²) in [5, 5.41) is 0. The van der Waals surface area contributed by atoms with Crippen molar-refractivity contribution in [3.05, 3.63) is 0 Å². The van der Waals surface area contributed by atoms with Gasteiger partial charge in [-0.05, 0) is 25.7 Å². The Morgan fingerprint density at radius 3 is 2.23 bits per heavy atom. The van der Waals surface area contributed by atoms with E-state index in [1.165, 1.54) is 0 Å². The number of esters is 1. The second-order valence-electron chi connectivity index (χ2n) is 4.06. The van der Waals surface area contributed by atoms with Gasteiger partial charge < -0.3 is 4.74 Å². The summed E-state index contributed by atoms with van der Waals surface area (Å²) >= 11 is 0. The van der Waals surface area contributed by atoms with E-state index in [0.717, 1.165) is 12.8 Å². The highest BCUT2D eigenvalue weighted by atomic mass is 16.5. The summed E-state index contributed by atoms with van der Waals surface area (Å²) < 4.78 is 5.17. The van der Waals surface area contributed by atoms with Crippen molar-refractivity contribution in [2.45, 2.75) is 47.5 Å². The number of hydrogen-bond acceptors (Lipinski definition) is 2. The van der Waals surface area contributed by atoms with Crippen LogP contribution in [0.3, 0.4) is 0 Å². The van der Waals surface area contributed by atoms with Crippen molar-refractivity contribution in [1.29, 1.82) is 0 Å². The molecule has 0 heterocycles. The van der Waals surface area contributed by atoms with E-state index in [2.05, 4.69) is 13.8 Å². The van der Waals surface area contributed by atoms with Crippen molar-refractivity contribution in [2.75, 3.05) is 6.61 Å². The predicted octanol–water partition coefficient (Wildman–Crippen LogP) is 3.01. The Balaban J connectivity index is 4.30. The Morgan fingerprint density at radius 1 is 1.38 bits per heavy atom. The Bertz CT molecular complexity index is 163. The molecular formula is C11H22O2. The van der Waals surface area contributed by atoms with Gasteiger partial charge in [0.05, 0.1) is 12.0 Å². The fourth-order valence-corrected chi connectivity index (χ4v) is 1.15. The molecule has 1 atom stereocenters. The zero-order valence-corrected chi connectivity index (χ0v) is 9.52. The SMILES string of the molecule is CCCOC(=O)C(C)(CC)C(C)C. The molecule has 0 radical (unpaired) electrons. The fourth-order valence-electron chi connectivity index (χ4n) is 1.15. The number of carbonyl (C=O) groups is 1. The molecule has 2 heteroatoms. The van der Waals surface area contributed by atoms with Crippen LogP contribution in [0.5, 0.6) is 0 Å². The monoisotopic (exact) mass is 186 g/mol. The van der Waals surface area contributed by atoms with Gasteiger partial charge in [-0.1, -0.05) is 27.7 Å². The van der Waals surface area contributed by atoms with E-state index in [9.17, 15) is 4.79 Å². The normalized spacial score (nSPS) is 15.5. The van der Waals surface area contributed by atoms with E-state index < -0.39 is 0 Å². The first-order valence-electron chi connectivity index (χ1n) is 5.16. The summed E-state index contributed by atoms with van der Waals surface area (Å²) in [5.74, 6) is 0.286. The van der Waals surface area contributed by atoms with Crippen LogP contribution >= 0.6 is 0 Å². The molecule has 2 nitrogen and oxygen atoms in total. The molecule has 0 aromatic rings. The van der Waals surface area contributed by atoms with Crippen LogP contribution in [0.2, 0.25) is 0 Å². The van der Waals surface area contributed by atoms with E-state index >= 15 is 0 Å². The van der Waals surface area contributed by atoms with Crippen molar-refractivity contribution in [3.8, 4) is 0 Å². The molecule has 13 heavy (non-hydrogen) atoms. The molecule has 0 fully saturated rings. The maximum atomic E-state index is 11.7. The summed E-state index contributed by atoms with van der Waals surface area (Å²) in [6.45, 7) is 10.7. The topological polar surface area (TPSA) is 26.3 Å². The molecule has 1 unspecified atom stereocenters. The molecule has 0 bridgehead atoms. The molecule has 0 saturated carbocycles. The summed E-state index contributed by atoms with van der Waals surface area (Å²) in [4.78, 5) is 11.7. The zero-order chi connectivity index (χ0) is 10.5. The van der Waals surface area contributed by atoms with Crippen molar-refractivity contribution in [1.82, 2.24) is 0 Å². The minimum atomic E-state index is -0.310. The van der Waals surface area contributed by atoms with Crippen molar-refractivity contribution in [2.24, 2.45) is 11.3 Å². The number of carbonyl (C=O) groups excluding carboxylic acids is 1. The van der Waals surface area contributed by atoms with E-state index in [0.29, 0.717) is 12.5 Å². The van der Waals surface area contributed by atoms with Crippen LogP contribution in [0.1, 0.15) is 47.5 Å². The maximum Gasteiger partial charge on any atom is 0.312 e. The first-order valence-corrected chi connectivity index (χ1v) is 5.16. The average Bonchev–Trinajstić information content (AvgIpc) is 2.12. The van der Waals surface area contributed by atoms with Crippen LogP contribution in [-0.4, -0.2) is 12.6 Å². The number of ether oxygens (including phenoxy) is 1. The Hall–Kier alpha value is -0.530. The standard InChI is InChI=1S/C11H22O2/c1-6-8-13-10(12)11(5,7-2)9(3)4/h9H,6-8H2,1-5H3. The molecule has 0 aromatic heterocycles. The van der Waals surface area contributed by atoms with Gasteiger partial charge in [-0.2, -0.15) is 0 Å². The Kier molecular flexibility index (Phi) is 5.04. The lowest BCUT2D eigenvalue weighted by Crippen LogP contribution is -2.34. The smallest absolute Gasteiger partial charge is 0.312 e. The van der Waals surface area contributed by atoms with E-state index in [1.54, 1.807) is 0 Å². The molecule has 0 amide bonds. The predicted molar refractivity (Wildman–Crippen MR) is 54.5 cm³/mol. The van der Waals surface area contributed by atoms with Crippen molar-refractivity contribution in [3.63, 3.8) is 0 Å². The van der Waals surface area contributed by atoms with Gasteiger partial charge in [-0.25, -0.2) is 0 Å². The molecule has 78 valence electrons.